The van der Waals surface area contributed by atoms with E-state index in [1.165, 1.54) is 41.6 Å². The minimum absolute atomic E-state index is 0.317. The summed E-state index contributed by atoms with van der Waals surface area (Å²) in [5.74, 6) is -0.477. The molecule has 4 aromatic rings. The Morgan fingerprint density at radius 3 is 2.42 bits per heavy atom. The predicted molar refractivity (Wildman–Crippen MR) is 117 cm³/mol. The van der Waals surface area contributed by atoms with Crippen molar-refractivity contribution >= 4 is 34.9 Å². The van der Waals surface area contributed by atoms with E-state index >= 15 is 0 Å². The first-order valence-corrected chi connectivity index (χ1v) is 10.9. The molecule has 0 saturated heterocycles. The molecular formula is C21H16FN5O2S2. The van der Waals surface area contributed by atoms with Gasteiger partial charge in [-0.15, -0.1) is 11.3 Å². The van der Waals surface area contributed by atoms with Gasteiger partial charge >= 0.3 is 0 Å². The number of thiophene rings is 1. The molecule has 0 radical (unpaired) electrons. The third-order valence-corrected chi connectivity index (χ3v) is 6.31. The van der Waals surface area contributed by atoms with E-state index in [0.29, 0.717) is 16.2 Å². The summed E-state index contributed by atoms with van der Waals surface area (Å²) in [5.41, 5.74) is 7.10. The van der Waals surface area contributed by atoms with Gasteiger partial charge in [0.2, 0.25) is 0 Å². The van der Waals surface area contributed by atoms with Crippen LogP contribution in [-0.4, -0.2) is 27.0 Å². The summed E-state index contributed by atoms with van der Waals surface area (Å²) in [5, 5.41) is 7.29. The van der Waals surface area contributed by atoms with Crippen molar-refractivity contribution in [1.82, 2.24) is 26.0 Å². The second kappa shape index (κ2) is 9.54. The Kier molecular flexibility index (Phi) is 6.39. The maximum atomic E-state index is 13.1. The number of carbonyl (C=O) groups is 2. The molecule has 10 heteroatoms. The molecule has 0 aliphatic rings. The van der Waals surface area contributed by atoms with Crippen LogP contribution in [0.4, 0.5) is 4.39 Å². The summed E-state index contributed by atoms with van der Waals surface area (Å²) in [4.78, 5) is 29.9. The van der Waals surface area contributed by atoms with Gasteiger partial charge in [-0.3, -0.25) is 25.5 Å². The quantitative estimate of drug-likeness (QED) is 0.302. The molecule has 0 saturated carbocycles. The highest BCUT2D eigenvalue weighted by molar-refractivity contribution is 7.98. The van der Waals surface area contributed by atoms with Crippen molar-refractivity contribution in [3.05, 3.63) is 88.8 Å². The van der Waals surface area contributed by atoms with E-state index in [1.54, 1.807) is 36.4 Å². The molecule has 0 atom stereocenters. The Morgan fingerprint density at radius 1 is 0.968 bits per heavy atom. The number of H-pyrrole nitrogens is 1. The highest BCUT2D eigenvalue weighted by atomic mass is 32.2. The van der Waals surface area contributed by atoms with Gasteiger partial charge in [-0.1, -0.05) is 36.0 Å². The van der Waals surface area contributed by atoms with Crippen LogP contribution in [0.2, 0.25) is 0 Å². The van der Waals surface area contributed by atoms with Crippen LogP contribution < -0.4 is 10.9 Å². The number of aromatic amines is 1. The Bertz CT molecular complexity index is 1180. The first-order chi connectivity index (χ1) is 15.1. The Labute approximate surface area is 185 Å². The maximum Gasteiger partial charge on any atom is 0.279 e. The van der Waals surface area contributed by atoms with Gasteiger partial charge in [-0.2, -0.15) is 5.10 Å². The Balaban J connectivity index is 1.30. The SMILES string of the molecule is O=C(NNC(=O)c1ccc(-c2ccc(F)cc2)s1)c1ccc(CSc2ncn[nH]2)cc1. The molecule has 0 spiro atoms. The zero-order chi connectivity index (χ0) is 21.6. The van der Waals surface area contributed by atoms with Crippen molar-refractivity contribution in [2.24, 2.45) is 0 Å². The van der Waals surface area contributed by atoms with Crippen molar-refractivity contribution in [2.75, 3.05) is 0 Å². The van der Waals surface area contributed by atoms with Crippen molar-refractivity contribution in [3.63, 3.8) is 0 Å². The third kappa shape index (κ3) is 5.36. The molecule has 7 nitrogen and oxygen atoms in total. The summed E-state index contributed by atoms with van der Waals surface area (Å²) in [7, 11) is 0. The smallest absolute Gasteiger partial charge is 0.267 e. The molecule has 0 aliphatic carbocycles. The van der Waals surface area contributed by atoms with E-state index in [4.69, 9.17) is 0 Å². The van der Waals surface area contributed by atoms with Crippen LogP contribution in [0, 0.1) is 5.82 Å². The number of hydrogen-bond donors (Lipinski definition) is 3. The number of rotatable bonds is 6. The van der Waals surface area contributed by atoms with Gasteiger partial charge in [0.15, 0.2) is 5.16 Å². The minimum atomic E-state index is -0.424. The van der Waals surface area contributed by atoms with Gasteiger partial charge in [-0.25, -0.2) is 9.37 Å². The molecule has 156 valence electrons. The topological polar surface area (TPSA) is 99.8 Å². The number of nitrogens with zero attached hydrogens (tertiary/aromatic N) is 2. The van der Waals surface area contributed by atoms with Crippen LogP contribution in [0.5, 0.6) is 0 Å². The molecule has 31 heavy (non-hydrogen) atoms. The molecule has 3 N–H and O–H groups in total. The number of amides is 2. The number of thioether (sulfide) groups is 1. The Morgan fingerprint density at radius 2 is 1.71 bits per heavy atom. The molecule has 0 fully saturated rings. The van der Waals surface area contributed by atoms with E-state index in [-0.39, 0.29) is 5.82 Å². The second-order valence-corrected chi connectivity index (χ2v) is 8.40. The predicted octanol–water partition coefficient (Wildman–Crippen LogP) is 4.04. The van der Waals surface area contributed by atoms with Crippen molar-refractivity contribution in [3.8, 4) is 10.4 Å². The molecule has 2 heterocycles. The third-order valence-electron chi connectivity index (χ3n) is 4.23. The first-order valence-electron chi connectivity index (χ1n) is 9.12. The van der Waals surface area contributed by atoms with Gasteiger partial charge in [0, 0.05) is 16.2 Å². The molecule has 0 bridgehead atoms. The zero-order valence-corrected chi connectivity index (χ0v) is 17.6. The molecule has 2 aromatic heterocycles. The number of hydrogen-bond acceptors (Lipinski definition) is 6. The van der Waals surface area contributed by atoms with E-state index in [2.05, 4.69) is 26.0 Å². The van der Waals surface area contributed by atoms with Gasteiger partial charge in [0.05, 0.1) is 4.88 Å². The number of benzene rings is 2. The lowest BCUT2D eigenvalue weighted by molar-refractivity contribution is 0.0849. The molecule has 0 unspecified atom stereocenters. The van der Waals surface area contributed by atoms with Crippen molar-refractivity contribution < 1.29 is 14.0 Å². The van der Waals surface area contributed by atoms with Crippen LogP contribution in [0.15, 0.2) is 72.1 Å². The highest BCUT2D eigenvalue weighted by Gasteiger charge is 2.12. The van der Waals surface area contributed by atoms with Gasteiger partial charge in [0.1, 0.15) is 12.1 Å². The minimum Gasteiger partial charge on any atom is -0.267 e. The lowest BCUT2D eigenvalue weighted by atomic mass is 10.1. The summed E-state index contributed by atoms with van der Waals surface area (Å²) in [6, 6.07) is 16.5. The number of halogens is 1. The molecular weight excluding hydrogens is 437 g/mol. The van der Waals surface area contributed by atoms with Crippen LogP contribution in [-0.2, 0) is 5.75 Å². The standard InChI is InChI=1S/C21H16FN5O2S2/c22-16-7-5-14(6-8-16)17-9-10-18(31-17)20(29)26-25-19(28)15-3-1-13(2-4-15)11-30-21-23-12-24-27-21/h1-10,12H,11H2,(H,25,28)(H,26,29)(H,23,24,27). The van der Waals surface area contributed by atoms with Gasteiger partial charge in [-0.05, 0) is 47.5 Å². The van der Waals surface area contributed by atoms with E-state index in [1.807, 2.05) is 12.1 Å². The van der Waals surface area contributed by atoms with E-state index in [0.717, 1.165) is 21.2 Å². The van der Waals surface area contributed by atoms with Crippen LogP contribution >= 0.6 is 23.1 Å². The lowest BCUT2D eigenvalue weighted by Crippen LogP contribution is -2.41. The van der Waals surface area contributed by atoms with Crippen molar-refractivity contribution in [2.45, 2.75) is 10.9 Å². The zero-order valence-electron chi connectivity index (χ0n) is 16.0. The molecule has 2 aromatic carbocycles. The van der Waals surface area contributed by atoms with Gasteiger partial charge in [0.25, 0.3) is 11.8 Å². The summed E-state index contributed by atoms with van der Waals surface area (Å²) in [6.45, 7) is 0. The van der Waals surface area contributed by atoms with Crippen LogP contribution in [0.1, 0.15) is 25.6 Å². The van der Waals surface area contributed by atoms with Crippen LogP contribution in [0.25, 0.3) is 10.4 Å². The molecule has 4 rings (SSSR count). The second-order valence-electron chi connectivity index (χ2n) is 6.36. The summed E-state index contributed by atoms with van der Waals surface area (Å²) < 4.78 is 13.1. The fourth-order valence-corrected chi connectivity index (χ4v) is 4.29. The van der Waals surface area contributed by atoms with Crippen LogP contribution in [0.3, 0.4) is 0 Å². The van der Waals surface area contributed by atoms with Crippen molar-refractivity contribution in [1.29, 1.82) is 0 Å². The first kappa shape index (κ1) is 20.8. The molecule has 0 aliphatic heterocycles. The summed E-state index contributed by atoms with van der Waals surface area (Å²) >= 11 is 2.76. The monoisotopic (exact) mass is 453 g/mol. The number of nitrogens with one attached hydrogen (secondary N) is 3. The van der Waals surface area contributed by atoms with E-state index < -0.39 is 11.8 Å². The Hall–Kier alpha value is -3.50. The number of carbonyl (C=O) groups excluding carboxylic acids is 2. The average molecular weight is 454 g/mol. The normalized spacial score (nSPS) is 10.6. The number of hydrazine groups is 1. The van der Waals surface area contributed by atoms with Gasteiger partial charge < -0.3 is 0 Å². The summed E-state index contributed by atoms with van der Waals surface area (Å²) in [6.07, 6.45) is 1.45. The molecule has 2 amide bonds. The van der Waals surface area contributed by atoms with E-state index in [9.17, 15) is 14.0 Å². The highest BCUT2D eigenvalue weighted by Crippen LogP contribution is 2.28. The lowest BCUT2D eigenvalue weighted by Gasteiger charge is -2.07. The number of aromatic nitrogens is 3. The average Bonchev–Trinajstić information content (AvgIpc) is 3.49. The largest absolute Gasteiger partial charge is 0.279 e. The fraction of sp³-hybridized carbons (Fsp3) is 0.0476. The maximum absolute atomic E-state index is 13.1. The fourth-order valence-electron chi connectivity index (χ4n) is 2.64.